The first-order valence-corrected chi connectivity index (χ1v) is 5.91. The molecule has 4 nitrogen and oxygen atoms in total. The second kappa shape index (κ2) is 5.29. The van der Waals surface area contributed by atoms with E-state index in [1.165, 1.54) is 0 Å². The fraction of sp³-hybridized carbons (Fsp3) is 0.462. The van der Waals surface area contributed by atoms with Gasteiger partial charge in [-0.15, -0.1) is 0 Å². The van der Waals surface area contributed by atoms with Crippen LogP contribution in [0.5, 0.6) is 0 Å². The Bertz CT molecular complexity index is 406. The molecule has 1 amide bonds. The molecule has 1 aromatic carbocycles. The molecular weight excluding hydrogens is 216 g/mol. The molecule has 0 aromatic heterocycles. The van der Waals surface area contributed by atoms with E-state index in [4.69, 9.17) is 0 Å². The highest BCUT2D eigenvalue weighted by Crippen LogP contribution is 2.09. The molecule has 0 aliphatic carbocycles. The predicted octanol–water partition coefficient (Wildman–Crippen LogP) is 0.305. The Morgan fingerprint density at radius 2 is 2.24 bits per heavy atom. The monoisotopic (exact) mass is 234 g/mol. The molecule has 1 fully saturated rings. The summed E-state index contributed by atoms with van der Waals surface area (Å²) in [6.45, 7) is 3.81. The van der Waals surface area contributed by atoms with Crippen molar-refractivity contribution >= 4 is 5.91 Å². The average molecular weight is 234 g/mol. The first-order chi connectivity index (χ1) is 8.18. The maximum absolute atomic E-state index is 11.9. The van der Waals surface area contributed by atoms with Crippen LogP contribution in [0, 0.1) is 12.8 Å². The number of rotatable bonds is 3. The quantitative estimate of drug-likeness (QED) is 0.705. The van der Waals surface area contributed by atoms with Gasteiger partial charge < -0.3 is 15.7 Å². The van der Waals surface area contributed by atoms with Gasteiger partial charge in [0.25, 0.3) is 5.91 Å². The smallest absolute Gasteiger partial charge is 0.251 e. The average Bonchev–Trinajstić information content (AvgIpc) is 2.72. The number of nitrogens with one attached hydrogen (secondary N) is 2. The van der Waals surface area contributed by atoms with Gasteiger partial charge in [0.15, 0.2) is 0 Å². The van der Waals surface area contributed by atoms with Crippen LogP contribution in [0.25, 0.3) is 0 Å². The minimum absolute atomic E-state index is 0.0674. The van der Waals surface area contributed by atoms with Crippen molar-refractivity contribution in [1.29, 1.82) is 0 Å². The zero-order valence-electron chi connectivity index (χ0n) is 9.94. The van der Waals surface area contributed by atoms with Gasteiger partial charge in [-0.3, -0.25) is 4.79 Å². The highest BCUT2D eigenvalue weighted by atomic mass is 16.3. The van der Waals surface area contributed by atoms with Crippen molar-refractivity contribution in [2.45, 2.75) is 13.0 Å². The summed E-state index contributed by atoms with van der Waals surface area (Å²) >= 11 is 0. The standard InChI is InChI=1S/C13H18N2O2/c1-9-4-2-3-5-11(9)13(17)15-7-10-6-14-8-12(10)16/h2-5,10,12,14,16H,6-8H2,1H3,(H,15,17). The normalized spacial score (nSPS) is 23.6. The summed E-state index contributed by atoms with van der Waals surface area (Å²) in [7, 11) is 0. The van der Waals surface area contributed by atoms with Crippen molar-refractivity contribution in [3.63, 3.8) is 0 Å². The molecule has 1 aromatic rings. The van der Waals surface area contributed by atoms with E-state index in [1.54, 1.807) is 0 Å². The van der Waals surface area contributed by atoms with Crippen LogP contribution in [0.15, 0.2) is 24.3 Å². The molecule has 1 aliphatic rings. The second-order valence-electron chi connectivity index (χ2n) is 4.51. The third-order valence-electron chi connectivity index (χ3n) is 3.22. The Morgan fingerprint density at radius 3 is 2.88 bits per heavy atom. The molecule has 92 valence electrons. The fourth-order valence-electron chi connectivity index (χ4n) is 2.07. The number of carbonyl (C=O) groups excluding carboxylic acids is 1. The van der Waals surface area contributed by atoms with Gasteiger partial charge in [0.05, 0.1) is 6.10 Å². The van der Waals surface area contributed by atoms with E-state index in [2.05, 4.69) is 10.6 Å². The summed E-state index contributed by atoms with van der Waals surface area (Å²) < 4.78 is 0. The number of hydrogen-bond acceptors (Lipinski definition) is 3. The third-order valence-corrected chi connectivity index (χ3v) is 3.22. The number of β-amino-alcohol motifs (C(OH)–C–C–N with tert-alkyl or cyclic N) is 1. The lowest BCUT2D eigenvalue weighted by molar-refractivity contribution is 0.0926. The molecule has 0 radical (unpaired) electrons. The number of aliphatic hydroxyl groups is 1. The van der Waals surface area contributed by atoms with Crippen LogP contribution in [0.2, 0.25) is 0 Å². The summed E-state index contributed by atoms with van der Waals surface area (Å²) in [4.78, 5) is 11.9. The van der Waals surface area contributed by atoms with E-state index in [-0.39, 0.29) is 17.9 Å². The largest absolute Gasteiger partial charge is 0.391 e. The molecule has 1 aliphatic heterocycles. The predicted molar refractivity (Wildman–Crippen MR) is 65.9 cm³/mol. The molecule has 17 heavy (non-hydrogen) atoms. The minimum atomic E-state index is -0.354. The van der Waals surface area contributed by atoms with Crippen LogP contribution in [-0.2, 0) is 0 Å². The van der Waals surface area contributed by atoms with Gasteiger partial charge in [-0.2, -0.15) is 0 Å². The van der Waals surface area contributed by atoms with Gasteiger partial charge in [-0.25, -0.2) is 0 Å². The van der Waals surface area contributed by atoms with E-state index in [9.17, 15) is 9.90 Å². The van der Waals surface area contributed by atoms with E-state index >= 15 is 0 Å². The Kier molecular flexibility index (Phi) is 3.76. The molecule has 0 bridgehead atoms. The van der Waals surface area contributed by atoms with Gasteiger partial charge in [-0.05, 0) is 18.6 Å². The molecular formula is C13H18N2O2. The molecule has 2 unspecified atom stereocenters. The SMILES string of the molecule is Cc1ccccc1C(=O)NCC1CNCC1O. The summed E-state index contributed by atoms with van der Waals surface area (Å²) in [5.41, 5.74) is 1.67. The first-order valence-electron chi connectivity index (χ1n) is 5.91. The van der Waals surface area contributed by atoms with Gasteiger partial charge in [0.2, 0.25) is 0 Å². The molecule has 2 rings (SSSR count). The van der Waals surface area contributed by atoms with E-state index in [1.807, 2.05) is 31.2 Å². The number of hydrogen-bond donors (Lipinski definition) is 3. The Labute approximate surface area is 101 Å². The van der Waals surface area contributed by atoms with Gasteiger partial charge in [0, 0.05) is 31.1 Å². The fourth-order valence-corrected chi connectivity index (χ4v) is 2.07. The maximum Gasteiger partial charge on any atom is 0.251 e. The van der Waals surface area contributed by atoms with Gasteiger partial charge >= 0.3 is 0 Å². The number of aliphatic hydroxyl groups excluding tert-OH is 1. The number of carbonyl (C=O) groups is 1. The summed E-state index contributed by atoms with van der Waals surface area (Å²) in [6, 6.07) is 7.50. The van der Waals surface area contributed by atoms with Crippen LogP contribution in [0.1, 0.15) is 15.9 Å². The topological polar surface area (TPSA) is 61.4 Å². The van der Waals surface area contributed by atoms with Crippen LogP contribution in [-0.4, -0.2) is 36.8 Å². The maximum atomic E-state index is 11.9. The van der Waals surface area contributed by atoms with Crippen LogP contribution in [0.3, 0.4) is 0 Å². The van der Waals surface area contributed by atoms with Crippen molar-refractivity contribution in [1.82, 2.24) is 10.6 Å². The Morgan fingerprint density at radius 1 is 1.47 bits per heavy atom. The van der Waals surface area contributed by atoms with E-state index in [0.29, 0.717) is 18.7 Å². The van der Waals surface area contributed by atoms with Crippen molar-refractivity contribution < 1.29 is 9.90 Å². The second-order valence-corrected chi connectivity index (χ2v) is 4.51. The van der Waals surface area contributed by atoms with Crippen molar-refractivity contribution in [3.05, 3.63) is 35.4 Å². The Balaban J connectivity index is 1.91. The molecule has 0 spiro atoms. The van der Waals surface area contributed by atoms with Crippen molar-refractivity contribution in [3.8, 4) is 0 Å². The lowest BCUT2D eigenvalue weighted by atomic mass is 10.1. The molecule has 4 heteroatoms. The zero-order chi connectivity index (χ0) is 12.3. The van der Waals surface area contributed by atoms with Crippen LogP contribution in [0.4, 0.5) is 0 Å². The van der Waals surface area contributed by atoms with Gasteiger partial charge in [0.1, 0.15) is 0 Å². The van der Waals surface area contributed by atoms with E-state index in [0.717, 1.165) is 12.1 Å². The number of benzene rings is 1. The van der Waals surface area contributed by atoms with Crippen molar-refractivity contribution in [2.24, 2.45) is 5.92 Å². The minimum Gasteiger partial charge on any atom is -0.391 e. The first kappa shape index (κ1) is 12.1. The number of amides is 1. The van der Waals surface area contributed by atoms with Crippen LogP contribution >= 0.6 is 0 Å². The molecule has 1 heterocycles. The Hall–Kier alpha value is -1.39. The summed E-state index contributed by atoms with van der Waals surface area (Å²) in [5, 5.41) is 15.6. The third kappa shape index (κ3) is 2.84. The van der Waals surface area contributed by atoms with Crippen LogP contribution < -0.4 is 10.6 Å². The zero-order valence-corrected chi connectivity index (χ0v) is 9.94. The van der Waals surface area contributed by atoms with E-state index < -0.39 is 0 Å². The molecule has 1 saturated heterocycles. The highest BCUT2D eigenvalue weighted by molar-refractivity contribution is 5.95. The molecule has 2 atom stereocenters. The van der Waals surface area contributed by atoms with Crippen molar-refractivity contribution in [2.75, 3.05) is 19.6 Å². The molecule has 0 saturated carbocycles. The molecule has 3 N–H and O–H groups in total. The number of aryl methyl sites for hydroxylation is 1. The highest BCUT2D eigenvalue weighted by Gasteiger charge is 2.25. The summed E-state index contributed by atoms with van der Waals surface area (Å²) in [6.07, 6.45) is -0.354. The van der Waals surface area contributed by atoms with Gasteiger partial charge in [-0.1, -0.05) is 18.2 Å². The lowest BCUT2D eigenvalue weighted by Gasteiger charge is -2.14. The summed E-state index contributed by atoms with van der Waals surface area (Å²) in [5.74, 6) is 0.0465. The lowest BCUT2D eigenvalue weighted by Crippen LogP contribution is -2.34.